The van der Waals surface area contributed by atoms with Crippen LogP contribution < -0.4 is 5.32 Å². The number of thiazole rings is 2. The number of rotatable bonds is 4. The Hall–Kier alpha value is -1.30. The van der Waals surface area contributed by atoms with E-state index in [2.05, 4.69) is 40.4 Å². The highest BCUT2D eigenvalue weighted by Crippen LogP contribution is 2.22. The van der Waals surface area contributed by atoms with Gasteiger partial charge in [-0.05, 0) is 19.1 Å². The second kappa shape index (κ2) is 5.14. The lowest BCUT2D eigenvalue weighted by Crippen LogP contribution is -2.17. The molecule has 1 N–H and O–H groups in total. The Morgan fingerprint density at radius 1 is 1.33 bits per heavy atom. The van der Waals surface area contributed by atoms with Crippen molar-refractivity contribution in [1.82, 2.24) is 15.3 Å². The van der Waals surface area contributed by atoms with Crippen LogP contribution in [0.25, 0.3) is 10.2 Å². The van der Waals surface area contributed by atoms with Crippen molar-refractivity contribution in [3.8, 4) is 0 Å². The van der Waals surface area contributed by atoms with Gasteiger partial charge in [0.25, 0.3) is 0 Å². The molecular formula is C13H13N3S2. The number of aromatic nitrogens is 2. The summed E-state index contributed by atoms with van der Waals surface area (Å²) in [7, 11) is 0. The number of nitrogens with zero attached hydrogens (tertiary/aromatic N) is 2. The molecule has 0 amide bonds. The summed E-state index contributed by atoms with van der Waals surface area (Å²) in [5.41, 5.74) is 1.08. The molecule has 3 aromatic rings. The number of benzene rings is 1. The zero-order chi connectivity index (χ0) is 12.4. The van der Waals surface area contributed by atoms with Crippen molar-refractivity contribution in [3.63, 3.8) is 0 Å². The summed E-state index contributed by atoms with van der Waals surface area (Å²) < 4.78 is 1.25. The number of hydrogen-bond donors (Lipinski definition) is 1. The van der Waals surface area contributed by atoms with Gasteiger partial charge < -0.3 is 5.32 Å². The molecule has 3 rings (SSSR count). The van der Waals surface area contributed by atoms with Crippen molar-refractivity contribution in [2.24, 2.45) is 0 Å². The second-order valence-corrected chi connectivity index (χ2v) is 6.09. The summed E-state index contributed by atoms with van der Waals surface area (Å²) in [5.74, 6) is 0. The molecule has 2 heterocycles. The van der Waals surface area contributed by atoms with E-state index in [4.69, 9.17) is 0 Å². The predicted molar refractivity (Wildman–Crippen MR) is 77.0 cm³/mol. The van der Waals surface area contributed by atoms with Crippen molar-refractivity contribution in [3.05, 3.63) is 45.9 Å². The minimum Gasteiger partial charge on any atom is -0.302 e. The van der Waals surface area contributed by atoms with Crippen molar-refractivity contribution < 1.29 is 0 Å². The topological polar surface area (TPSA) is 37.8 Å². The Morgan fingerprint density at radius 3 is 3.00 bits per heavy atom. The fraction of sp³-hybridized carbons (Fsp3) is 0.231. The molecule has 0 saturated heterocycles. The maximum Gasteiger partial charge on any atom is 0.109 e. The van der Waals surface area contributed by atoms with E-state index in [-0.39, 0.29) is 6.04 Å². The summed E-state index contributed by atoms with van der Waals surface area (Å²) in [6, 6.07) is 8.52. The van der Waals surface area contributed by atoms with E-state index >= 15 is 0 Å². The molecule has 1 aromatic carbocycles. The predicted octanol–water partition coefficient (Wildman–Crippen LogP) is 3.60. The standard InChI is InChI=1S/C13H13N3S2/c1-9(13-14-6-7-17-13)15-8-12-16-10-4-2-3-5-11(10)18-12/h2-7,9,15H,8H2,1H3. The Balaban J connectivity index is 1.69. The van der Waals surface area contributed by atoms with Crippen LogP contribution in [0.3, 0.4) is 0 Å². The highest BCUT2D eigenvalue weighted by Gasteiger charge is 2.09. The first-order valence-electron chi connectivity index (χ1n) is 5.80. The highest BCUT2D eigenvalue weighted by molar-refractivity contribution is 7.18. The fourth-order valence-electron chi connectivity index (χ4n) is 1.77. The normalized spacial score (nSPS) is 12.9. The molecule has 18 heavy (non-hydrogen) atoms. The van der Waals surface area contributed by atoms with Gasteiger partial charge in [-0.15, -0.1) is 22.7 Å². The third kappa shape index (κ3) is 2.43. The lowest BCUT2D eigenvalue weighted by atomic mass is 10.3. The van der Waals surface area contributed by atoms with Gasteiger partial charge in [0.2, 0.25) is 0 Å². The summed E-state index contributed by atoms with van der Waals surface area (Å²) in [6.45, 7) is 2.92. The third-order valence-corrected chi connectivity index (χ3v) is 4.71. The molecule has 1 atom stereocenters. The van der Waals surface area contributed by atoms with Gasteiger partial charge in [-0.2, -0.15) is 0 Å². The van der Waals surface area contributed by atoms with E-state index in [9.17, 15) is 0 Å². The summed E-state index contributed by atoms with van der Waals surface area (Å²) in [6.07, 6.45) is 1.84. The van der Waals surface area contributed by atoms with Crippen molar-refractivity contribution in [2.45, 2.75) is 19.5 Å². The molecule has 0 fully saturated rings. The molecule has 0 aliphatic carbocycles. The van der Waals surface area contributed by atoms with Gasteiger partial charge in [-0.25, -0.2) is 9.97 Å². The van der Waals surface area contributed by atoms with Gasteiger partial charge >= 0.3 is 0 Å². The monoisotopic (exact) mass is 275 g/mol. The molecule has 0 spiro atoms. The van der Waals surface area contributed by atoms with Crippen LogP contribution in [0.1, 0.15) is 23.0 Å². The smallest absolute Gasteiger partial charge is 0.109 e. The van der Waals surface area contributed by atoms with E-state index in [0.29, 0.717) is 0 Å². The first kappa shape index (κ1) is 11.8. The SMILES string of the molecule is CC(NCc1nc2ccccc2s1)c1nccs1. The van der Waals surface area contributed by atoms with Crippen LogP contribution in [-0.2, 0) is 6.54 Å². The van der Waals surface area contributed by atoms with Crippen molar-refractivity contribution in [1.29, 1.82) is 0 Å². The van der Waals surface area contributed by atoms with Crippen LogP contribution in [0.15, 0.2) is 35.8 Å². The van der Waals surface area contributed by atoms with Crippen LogP contribution in [0.4, 0.5) is 0 Å². The number of hydrogen-bond acceptors (Lipinski definition) is 5. The second-order valence-electron chi connectivity index (χ2n) is 4.05. The maximum atomic E-state index is 4.61. The summed E-state index contributed by atoms with van der Waals surface area (Å²) in [5, 5.41) is 7.71. The van der Waals surface area contributed by atoms with Crippen molar-refractivity contribution in [2.75, 3.05) is 0 Å². The quantitative estimate of drug-likeness (QED) is 0.790. The third-order valence-electron chi connectivity index (χ3n) is 2.72. The zero-order valence-electron chi connectivity index (χ0n) is 9.96. The maximum absolute atomic E-state index is 4.61. The molecule has 92 valence electrons. The van der Waals surface area contributed by atoms with E-state index in [0.717, 1.165) is 22.1 Å². The van der Waals surface area contributed by atoms with Crippen LogP contribution in [0.2, 0.25) is 0 Å². The number of nitrogens with one attached hydrogen (secondary N) is 1. The molecule has 0 radical (unpaired) electrons. The van der Waals surface area contributed by atoms with Gasteiger partial charge in [-0.1, -0.05) is 12.1 Å². The number of fused-ring (bicyclic) bond motifs is 1. The molecule has 3 nitrogen and oxygen atoms in total. The van der Waals surface area contributed by atoms with Crippen LogP contribution in [-0.4, -0.2) is 9.97 Å². The lowest BCUT2D eigenvalue weighted by molar-refractivity contribution is 0.571. The Kier molecular flexibility index (Phi) is 3.36. The van der Waals surface area contributed by atoms with Crippen LogP contribution >= 0.6 is 22.7 Å². The van der Waals surface area contributed by atoms with Crippen LogP contribution in [0, 0.1) is 0 Å². The van der Waals surface area contributed by atoms with Gasteiger partial charge in [0.05, 0.1) is 16.3 Å². The molecule has 0 saturated carbocycles. The number of para-hydroxylation sites is 1. The van der Waals surface area contributed by atoms with Gasteiger partial charge in [0.1, 0.15) is 10.0 Å². The average Bonchev–Trinajstić information content (AvgIpc) is 3.04. The molecule has 0 bridgehead atoms. The van der Waals surface area contributed by atoms with Crippen LogP contribution in [0.5, 0.6) is 0 Å². The van der Waals surface area contributed by atoms with Gasteiger partial charge in [-0.3, -0.25) is 0 Å². The Bertz CT molecular complexity index is 598. The Labute approximate surface area is 114 Å². The average molecular weight is 275 g/mol. The van der Waals surface area contributed by atoms with E-state index < -0.39 is 0 Å². The first-order chi connectivity index (χ1) is 8.83. The highest BCUT2D eigenvalue weighted by atomic mass is 32.1. The molecular weight excluding hydrogens is 262 g/mol. The first-order valence-corrected chi connectivity index (χ1v) is 7.50. The lowest BCUT2D eigenvalue weighted by Gasteiger charge is -2.08. The molecule has 1 unspecified atom stereocenters. The van der Waals surface area contributed by atoms with Gasteiger partial charge in [0.15, 0.2) is 0 Å². The fourth-order valence-corrected chi connectivity index (χ4v) is 3.36. The van der Waals surface area contributed by atoms with E-state index in [1.54, 1.807) is 22.7 Å². The molecule has 5 heteroatoms. The molecule has 0 aliphatic heterocycles. The zero-order valence-corrected chi connectivity index (χ0v) is 11.6. The van der Waals surface area contributed by atoms with E-state index in [1.807, 2.05) is 17.6 Å². The summed E-state index contributed by atoms with van der Waals surface area (Å²) in [4.78, 5) is 8.92. The minimum absolute atomic E-state index is 0.275. The minimum atomic E-state index is 0.275. The molecule has 2 aromatic heterocycles. The van der Waals surface area contributed by atoms with Crippen molar-refractivity contribution >= 4 is 32.9 Å². The largest absolute Gasteiger partial charge is 0.302 e. The van der Waals surface area contributed by atoms with E-state index in [1.165, 1.54) is 4.70 Å². The molecule has 0 aliphatic rings. The van der Waals surface area contributed by atoms with Gasteiger partial charge in [0, 0.05) is 18.1 Å². The summed E-state index contributed by atoms with van der Waals surface area (Å²) >= 11 is 3.43. The Morgan fingerprint density at radius 2 is 2.22 bits per heavy atom.